The minimum absolute atomic E-state index is 0.0281. The molecule has 1 aromatic rings. The fourth-order valence-corrected chi connectivity index (χ4v) is 1.97. The number of carbonyl (C=O) groups excluding carboxylic acids is 1. The van der Waals surface area contributed by atoms with Crippen molar-refractivity contribution in [2.75, 3.05) is 6.61 Å². The van der Waals surface area contributed by atoms with Gasteiger partial charge in [0.15, 0.2) is 0 Å². The smallest absolute Gasteiger partial charge is 0.272 e. The summed E-state index contributed by atoms with van der Waals surface area (Å²) in [7, 11) is 0. The highest BCUT2D eigenvalue weighted by atomic mass is 16.6. The maximum atomic E-state index is 11.6. The molecule has 7 nitrogen and oxygen atoms in total. The van der Waals surface area contributed by atoms with Crippen molar-refractivity contribution in [3.05, 3.63) is 33.9 Å². The molecule has 0 spiro atoms. The molecule has 1 atom stereocenters. The molecule has 116 valence electrons. The van der Waals surface area contributed by atoms with Crippen LogP contribution in [-0.2, 0) is 4.79 Å². The van der Waals surface area contributed by atoms with Crippen LogP contribution in [0.25, 0.3) is 0 Å². The minimum Gasteiger partial charge on any atom is -0.491 e. The number of ether oxygens (including phenoxy) is 1. The third-order valence-corrected chi connectivity index (χ3v) is 3.04. The molecule has 1 aromatic carbocycles. The van der Waals surface area contributed by atoms with Gasteiger partial charge >= 0.3 is 0 Å². The van der Waals surface area contributed by atoms with Gasteiger partial charge < -0.3 is 10.5 Å². The lowest BCUT2D eigenvalue weighted by atomic mass is 10.0. The molecule has 0 aliphatic heterocycles. The van der Waals surface area contributed by atoms with Gasteiger partial charge in [-0.1, -0.05) is 0 Å². The van der Waals surface area contributed by atoms with Gasteiger partial charge in [-0.05, 0) is 39.8 Å². The van der Waals surface area contributed by atoms with Gasteiger partial charge in [-0.3, -0.25) is 20.2 Å². The van der Waals surface area contributed by atoms with Crippen LogP contribution in [0.5, 0.6) is 5.75 Å². The predicted octanol–water partition coefficient (Wildman–Crippen LogP) is 1.52. The maximum Gasteiger partial charge on any atom is 0.272 e. The lowest BCUT2D eigenvalue weighted by Gasteiger charge is -2.29. The second-order valence-corrected chi connectivity index (χ2v) is 5.49. The number of primary amides is 1. The fraction of sp³-hybridized carbons (Fsp3) is 0.500. The zero-order valence-corrected chi connectivity index (χ0v) is 12.7. The number of hydrogen-bond acceptors (Lipinski definition) is 5. The number of benzene rings is 1. The summed E-state index contributed by atoms with van der Waals surface area (Å²) in [5.74, 6) is -0.0639. The largest absolute Gasteiger partial charge is 0.491 e. The number of amides is 1. The lowest BCUT2D eigenvalue weighted by molar-refractivity contribution is -0.385. The summed E-state index contributed by atoms with van der Waals surface area (Å²) in [6, 6.07) is 4.50. The molecule has 21 heavy (non-hydrogen) atoms. The Morgan fingerprint density at radius 2 is 2.14 bits per heavy atom. The first-order valence-corrected chi connectivity index (χ1v) is 6.61. The molecule has 0 saturated heterocycles. The van der Waals surface area contributed by atoms with Crippen LogP contribution in [0.3, 0.4) is 0 Å². The quantitative estimate of drug-likeness (QED) is 0.586. The van der Waals surface area contributed by atoms with E-state index in [2.05, 4.69) is 5.32 Å². The molecule has 0 heterocycles. The SMILES string of the molecule is Cc1cc(OCC(C)(NC(C)C)C(N)=O)ccc1[N+](=O)[O-]. The number of hydrogen-bond donors (Lipinski definition) is 2. The summed E-state index contributed by atoms with van der Waals surface area (Å²) in [4.78, 5) is 21.9. The molecule has 0 saturated carbocycles. The van der Waals surface area contributed by atoms with Crippen LogP contribution < -0.4 is 15.8 Å². The van der Waals surface area contributed by atoms with Crippen molar-refractivity contribution >= 4 is 11.6 Å². The molecule has 0 aromatic heterocycles. The topological polar surface area (TPSA) is 107 Å². The Hall–Kier alpha value is -2.15. The van der Waals surface area contributed by atoms with Crippen LogP contribution in [0.1, 0.15) is 26.3 Å². The summed E-state index contributed by atoms with van der Waals surface area (Å²) in [5, 5.41) is 13.8. The zero-order chi connectivity index (χ0) is 16.2. The van der Waals surface area contributed by atoms with Gasteiger partial charge in [0.05, 0.1) is 4.92 Å². The van der Waals surface area contributed by atoms with Crippen molar-refractivity contribution in [3.8, 4) is 5.75 Å². The Labute approximate surface area is 123 Å². The van der Waals surface area contributed by atoms with Crippen molar-refractivity contribution in [2.24, 2.45) is 5.73 Å². The van der Waals surface area contributed by atoms with Gasteiger partial charge in [-0.25, -0.2) is 0 Å². The number of nitro benzene ring substituents is 1. The van der Waals surface area contributed by atoms with Crippen molar-refractivity contribution in [2.45, 2.75) is 39.3 Å². The van der Waals surface area contributed by atoms with E-state index in [0.29, 0.717) is 11.3 Å². The molecule has 1 amide bonds. The van der Waals surface area contributed by atoms with Gasteiger partial charge in [-0.2, -0.15) is 0 Å². The van der Waals surface area contributed by atoms with E-state index in [1.165, 1.54) is 12.1 Å². The Morgan fingerprint density at radius 1 is 1.52 bits per heavy atom. The molecule has 7 heteroatoms. The number of carbonyl (C=O) groups is 1. The number of aryl methyl sites for hydroxylation is 1. The van der Waals surface area contributed by atoms with E-state index in [4.69, 9.17) is 10.5 Å². The molecule has 3 N–H and O–H groups in total. The summed E-state index contributed by atoms with van der Waals surface area (Å²) in [6.07, 6.45) is 0. The number of nitrogens with one attached hydrogen (secondary N) is 1. The molecule has 0 bridgehead atoms. The highest BCUT2D eigenvalue weighted by Crippen LogP contribution is 2.23. The standard InChI is InChI=1S/C14H21N3O4/c1-9(2)16-14(4,13(15)18)8-21-11-5-6-12(17(19)20)10(3)7-11/h5-7,9,16H,8H2,1-4H3,(H2,15,18). The van der Waals surface area contributed by atoms with Crippen molar-refractivity contribution in [1.82, 2.24) is 5.32 Å². The van der Waals surface area contributed by atoms with Crippen LogP contribution in [0.2, 0.25) is 0 Å². The Balaban J connectivity index is 2.84. The van der Waals surface area contributed by atoms with E-state index in [1.54, 1.807) is 19.9 Å². The molecule has 0 radical (unpaired) electrons. The predicted molar refractivity (Wildman–Crippen MR) is 79.2 cm³/mol. The first kappa shape index (κ1) is 16.9. The monoisotopic (exact) mass is 295 g/mol. The number of nitro groups is 1. The third kappa shape index (κ3) is 4.42. The molecule has 0 fully saturated rings. The normalized spacial score (nSPS) is 13.8. The van der Waals surface area contributed by atoms with E-state index in [1.807, 2.05) is 13.8 Å². The molecule has 0 aliphatic rings. The second-order valence-electron chi connectivity index (χ2n) is 5.49. The van der Waals surface area contributed by atoms with E-state index >= 15 is 0 Å². The molecule has 1 rings (SSSR count). The highest BCUT2D eigenvalue weighted by Gasteiger charge is 2.32. The molecule has 1 unspecified atom stereocenters. The zero-order valence-electron chi connectivity index (χ0n) is 12.7. The highest BCUT2D eigenvalue weighted by molar-refractivity contribution is 5.84. The van der Waals surface area contributed by atoms with E-state index < -0.39 is 16.4 Å². The van der Waals surface area contributed by atoms with Gasteiger partial charge in [0.2, 0.25) is 5.91 Å². The van der Waals surface area contributed by atoms with Gasteiger partial charge in [0, 0.05) is 17.7 Å². The summed E-state index contributed by atoms with van der Waals surface area (Å²) >= 11 is 0. The summed E-state index contributed by atoms with van der Waals surface area (Å²) in [6.45, 7) is 7.13. The first-order valence-electron chi connectivity index (χ1n) is 6.61. The minimum atomic E-state index is -1.01. The number of nitrogens with two attached hydrogens (primary N) is 1. The van der Waals surface area contributed by atoms with E-state index in [9.17, 15) is 14.9 Å². The third-order valence-electron chi connectivity index (χ3n) is 3.04. The van der Waals surface area contributed by atoms with Gasteiger partial charge in [0.1, 0.15) is 17.9 Å². The Bertz CT molecular complexity index is 545. The van der Waals surface area contributed by atoms with Crippen LogP contribution >= 0.6 is 0 Å². The first-order chi connectivity index (χ1) is 9.65. The van der Waals surface area contributed by atoms with E-state index in [-0.39, 0.29) is 18.3 Å². The second kappa shape index (κ2) is 6.53. The maximum absolute atomic E-state index is 11.6. The van der Waals surface area contributed by atoms with Gasteiger partial charge in [-0.15, -0.1) is 0 Å². The number of rotatable bonds is 7. The molecule has 0 aliphatic carbocycles. The molecular formula is C14H21N3O4. The van der Waals surface area contributed by atoms with Crippen molar-refractivity contribution < 1.29 is 14.5 Å². The van der Waals surface area contributed by atoms with Crippen LogP contribution in [-0.4, -0.2) is 29.0 Å². The number of nitrogens with zero attached hydrogens (tertiary/aromatic N) is 1. The summed E-state index contributed by atoms with van der Waals surface area (Å²) in [5.41, 5.74) is 4.92. The fourth-order valence-electron chi connectivity index (χ4n) is 1.97. The van der Waals surface area contributed by atoms with Crippen LogP contribution in [0, 0.1) is 17.0 Å². The molecular weight excluding hydrogens is 274 g/mol. The Morgan fingerprint density at radius 3 is 2.57 bits per heavy atom. The Kier molecular flexibility index (Phi) is 5.26. The van der Waals surface area contributed by atoms with Crippen LogP contribution in [0.4, 0.5) is 5.69 Å². The average molecular weight is 295 g/mol. The van der Waals surface area contributed by atoms with Gasteiger partial charge in [0.25, 0.3) is 5.69 Å². The summed E-state index contributed by atoms with van der Waals surface area (Å²) < 4.78 is 5.56. The van der Waals surface area contributed by atoms with Crippen LogP contribution in [0.15, 0.2) is 18.2 Å². The van der Waals surface area contributed by atoms with Crippen molar-refractivity contribution in [1.29, 1.82) is 0 Å². The average Bonchev–Trinajstić information content (AvgIpc) is 2.35. The van der Waals surface area contributed by atoms with Crippen molar-refractivity contribution in [3.63, 3.8) is 0 Å². The lowest BCUT2D eigenvalue weighted by Crippen LogP contribution is -2.59. The van der Waals surface area contributed by atoms with E-state index in [0.717, 1.165) is 0 Å².